The number of halogens is 1. The molecule has 0 bridgehead atoms. The number of ether oxygens (including phenoxy) is 1. The quantitative estimate of drug-likeness (QED) is 0.702. The van der Waals surface area contributed by atoms with E-state index in [2.05, 4.69) is 27.7 Å². The number of rotatable bonds is 2. The zero-order valence-corrected chi connectivity index (χ0v) is 11.2. The van der Waals surface area contributed by atoms with E-state index in [1.807, 2.05) is 0 Å². The molecule has 0 radical (unpaired) electrons. The first-order valence-corrected chi connectivity index (χ1v) is 6.07. The van der Waals surface area contributed by atoms with Crippen molar-refractivity contribution in [1.82, 2.24) is 19.6 Å². The van der Waals surface area contributed by atoms with Crippen LogP contribution in [0.25, 0.3) is 16.8 Å². The van der Waals surface area contributed by atoms with Crippen molar-refractivity contribution >= 4 is 18.3 Å². The van der Waals surface area contributed by atoms with E-state index in [1.165, 1.54) is 19.2 Å². The van der Waals surface area contributed by atoms with Crippen LogP contribution in [-0.4, -0.2) is 26.7 Å². The van der Waals surface area contributed by atoms with Gasteiger partial charge in [0.15, 0.2) is 10.8 Å². The van der Waals surface area contributed by atoms with Crippen LogP contribution < -0.4 is 10.4 Å². The first-order chi connectivity index (χ1) is 9.60. The Bertz CT molecular complexity index is 841. The van der Waals surface area contributed by atoms with Crippen molar-refractivity contribution in [2.24, 2.45) is 0 Å². The molecule has 20 heavy (non-hydrogen) atoms. The molecule has 3 aromatic rings. The van der Waals surface area contributed by atoms with Gasteiger partial charge >= 0.3 is 5.69 Å². The summed E-state index contributed by atoms with van der Waals surface area (Å²) in [5.41, 5.74) is 0.965. The summed E-state index contributed by atoms with van der Waals surface area (Å²) in [6, 6.07) is 5.76. The minimum Gasteiger partial charge on any atom is -0.479 e. The van der Waals surface area contributed by atoms with Gasteiger partial charge in [0.1, 0.15) is 5.82 Å². The van der Waals surface area contributed by atoms with Crippen LogP contribution >= 0.6 is 12.6 Å². The molecule has 0 amide bonds. The zero-order valence-electron chi connectivity index (χ0n) is 10.3. The van der Waals surface area contributed by atoms with Crippen molar-refractivity contribution in [3.8, 4) is 17.0 Å². The molecule has 1 N–H and O–H groups in total. The first kappa shape index (κ1) is 12.7. The van der Waals surface area contributed by atoms with Crippen LogP contribution in [0.4, 0.5) is 4.39 Å². The molecule has 0 aliphatic rings. The largest absolute Gasteiger partial charge is 0.479 e. The van der Waals surface area contributed by atoms with Gasteiger partial charge in [-0.15, -0.1) is 17.7 Å². The van der Waals surface area contributed by atoms with E-state index < -0.39 is 5.69 Å². The van der Waals surface area contributed by atoms with Crippen LogP contribution in [-0.2, 0) is 0 Å². The summed E-state index contributed by atoms with van der Waals surface area (Å²) in [5.74, 6) is -0.126. The highest BCUT2D eigenvalue weighted by atomic mass is 32.1. The fourth-order valence-corrected chi connectivity index (χ4v) is 2.11. The lowest BCUT2D eigenvalue weighted by atomic mass is 10.1. The molecule has 0 saturated carbocycles. The second-order valence-corrected chi connectivity index (χ2v) is 4.42. The summed E-state index contributed by atoms with van der Waals surface area (Å²) < 4.78 is 19.3. The third-order valence-electron chi connectivity index (χ3n) is 2.78. The third kappa shape index (κ3) is 1.94. The fourth-order valence-electron chi connectivity index (χ4n) is 1.92. The Morgan fingerprint density at radius 3 is 2.70 bits per heavy atom. The maximum absolute atomic E-state index is 13.0. The maximum atomic E-state index is 13.0. The fraction of sp³-hybridized carbons (Fsp3) is 0.0833. The molecule has 0 aliphatic heterocycles. The van der Waals surface area contributed by atoms with Gasteiger partial charge in [-0.3, -0.25) is 4.98 Å². The van der Waals surface area contributed by atoms with Crippen molar-refractivity contribution in [1.29, 1.82) is 0 Å². The Morgan fingerprint density at radius 1 is 1.35 bits per heavy atom. The SMILES string of the molecule is COc1nn2c(=O)[nH]c(S)nc2c1-c1ccc(F)cc1. The van der Waals surface area contributed by atoms with Gasteiger partial charge in [-0.25, -0.2) is 14.2 Å². The summed E-state index contributed by atoms with van der Waals surface area (Å²) in [5, 5.41) is 4.19. The van der Waals surface area contributed by atoms with Gasteiger partial charge < -0.3 is 4.74 Å². The number of fused-ring (bicyclic) bond motifs is 1. The molecule has 0 unspecified atom stereocenters. The number of nitrogens with zero attached hydrogens (tertiary/aromatic N) is 3. The average Bonchev–Trinajstić information content (AvgIpc) is 2.78. The highest BCUT2D eigenvalue weighted by Crippen LogP contribution is 2.32. The van der Waals surface area contributed by atoms with Crippen molar-refractivity contribution < 1.29 is 9.13 Å². The number of H-pyrrole nitrogens is 1. The number of aromatic nitrogens is 4. The summed E-state index contributed by atoms with van der Waals surface area (Å²) in [7, 11) is 1.44. The zero-order chi connectivity index (χ0) is 14.3. The Labute approximate surface area is 117 Å². The van der Waals surface area contributed by atoms with Gasteiger partial charge in [-0.1, -0.05) is 12.1 Å². The van der Waals surface area contributed by atoms with Crippen LogP contribution in [0.5, 0.6) is 5.88 Å². The molecule has 6 nitrogen and oxygen atoms in total. The molecular weight excluding hydrogens is 283 g/mol. The molecule has 0 aliphatic carbocycles. The predicted molar refractivity (Wildman–Crippen MR) is 72.8 cm³/mol. The number of hydrogen-bond acceptors (Lipinski definition) is 5. The average molecular weight is 292 g/mol. The second kappa shape index (κ2) is 4.64. The van der Waals surface area contributed by atoms with Gasteiger partial charge in [-0.2, -0.15) is 4.52 Å². The van der Waals surface area contributed by atoms with Crippen LogP contribution in [0.15, 0.2) is 34.2 Å². The van der Waals surface area contributed by atoms with Crippen LogP contribution in [0.1, 0.15) is 0 Å². The van der Waals surface area contributed by atoms with E-state index in [4.69, 9.17) is 4.74 Å². The number of hydrogen-bond donors (Lipinski definition) is 2. The summed E-state index contributed by atoms with van der Waals surface area (Å²) in [6.45, 7) is 0. The molecule has 0 spiro atoms. The van der Waals surface area contributed by atoms with Crippen molar-refractivity contribution in [3.63, 3.8) is 0 Å². The van der Waals surface area contributed by atoms with Crippen LogP contribution in [0, 0.1) is 5.82 Å². The van der Waals surface area contributed by atoms with E-state index in [0.29, 0.717) is 16.8 Å². The summed E-state index contributed by atoms with van der Waals surface area (Å²) in [6.07, 6.45) is 0. The predicted octanol–water partition coefficient (Wildman–Crippen LogP) is 1.52. The van der Waals surface area contributed by atoms with Crippen LogP contribution in [0.2, 0.25) is 0 Å². The molecule has 3 rings (SSSR count). The number of nitrogens with one attached hydrogen (secondary N) is 1. The van der Waals surface area contributed by atoms with Gasteiger partial charge in [-0.05, 0) is 17.7 Å². The van der Waals surface area contributed by atoms with Gasteiger partial charge in [0.2, 0.25) is 5.88 Å². The standard InChI is InChI=1S/C12H9FN4O2S/c1-19-10-8(6-2-4-7(13)5-3-6)9-14-11(20)15-12(18)17(9)16-10/h2-5H,1H3,(H2,14,15,18,20). The van der Waals surface area contributed by atoms with Crippen molar-refractivity contribution in [3.05, 3.63) is 40.6 Å². The highest BCUT2D eigenvalue weighted by molar-refractivity contribution is 7.80. The van der Waals surface area contributed by atoms with E-state index in [0.717, 1.165) is 4.52 Å². The van der Waals surface area contributed by atoms with Crippen LogP contribution in [0.3, 0.4) is 0 Å². The summed E-state index contributed by atoms with van der Waals surface area (Å²) >= 11 is 4.04. The minimum atomic E-state index is -0.480. The van der Waals surface area contributed by atoms with Gasteiger partial charge in [0.05, 0.1) is 12.7 Å². The molecule has 0 fully saturated rings. The van der Waals surface area contributed by atoms with E-state index >= 15 is 0 Å². The van der Waals surface area contributed by atoms with Gasteiger partial charge in [0, 0.05) is 0 Å². The normalized spacial score (nSPS) is 10.9. The smallest absolute Gasteiger partial charge is 0.350 e. The molecule has 2 heterocycles. The Kier molecular flexibility index (Phi) is 2.94. The summed E-state index contributed by atoms with van der Waals surface area (Å²) in [4.78, 5) is 18.4. The molecule has 0 saturated heterocycles. The Balaban J connectivity index is 2.38. The Morgan fingerprint density at radius 2 is 2.05 bits per heavy atom. The lowest BCUT2D eigenvalue weighted by Crippen LogP contribution is -2.18. The van der Waals surface area contributed by atoms with E-state index in [1.54, 1.807) is 12.1 Å². The van der Waals surface area contributed by atoms with Gasteiger partial charge in [0.25, 0.3) is 0 Å². The highest BCUT2D eigenvalue weighted by Gasteiger charge is 2.18. The number of benzene rings is 1. The molecule has 8 heteroatoms. The number of aromatic amines is 1. The molecular formula is C12H9FN4O2S. The number of thiol groups is 1. The minimum absolute atomic E-state index is 0.161. The second-order valence-electron chi connectivity index (χ2n) is 3.99. The van der Waals surface area contributed by atoms with Crippen molar-refractivity contribution in [2.75, 3.05) is 7.11 Å². The van der Waals surface area contributed by atoms with E-state index in [-0.39, 0.29) is 16.9 Å². The number of methoxy groups -OCH3 is 1. The topological polar surface area (TPSA) is 72.3 Å². The molecule has 102 valence electrons. The Hall–Kier alpha value is -2.35. The molecule has 1 aromatic carbocycles. The third-order valence-corrected chi connectivity index (χ3v) is 2.99. The molecule has 2 aromatic heterocycles. The lowest BCUT2D eigenvalue weighted by Gasteiger charge is -2.01. The maximum Gasteiger partial charge on any atom is 0.350 e. The van der Waals surface area contributed by atoms with E-state index in [9.17, 15) is 9.18 Å². The molecule has 0 atom stereocenters. The lowest BCUT2D eigenvalue weighted by molar-refractivity contribution is 0.395. The first-order valence-electron chi connectivity index (χ1n) is 5.62. The monoisotopic (exact) mass is 292 g/mol. The van der Waals surface area contributed by atoms with Crippen molar-refractivity contribution in [2.45, 2.75) is 5.16 Å².